The lowest BCUT2D eigenvalue weighted by molar-refractivity contribution is 0.0724. The Labute approximate surface area is 186 Å². The van der Waals surface area contributed by atoms with Gasteiger partial charge in [-0.15, -0.1) is 0 Å². The number of carbonyl (C=O) groups is 1. The van der Waals surface area contributed by atoms with Crippen LogP contribution in [-0.2, 0) is 0 Å². The number of piperidine rings is 1. The van der Waals surface area contributed by atoms with Gasteiger partial charge in [0.1, 0.15) is 11.6 Å². The molecule has 0 saturated carbocycles. The second-order valence-corrected chi connectivity index (χ2v) is 8.46. The molecular formula is C25H26F2N4O. The van der Waals surface area contributed by atoms with E-state index in [1.807, 2.05) is 15.9 Å². The Balaban J connectivity index is 1.50. The lowest BCUT2D eigenvalue weighted by Crippen LogP contribution is -2.47. The number of nitrogens with zero attached hydrogens (tertiary/aromatic N) is 4. The van der Waals surface area contributed by atoms with Crippen molar-refractivity contribution in [3.8, 4) is 0 Å². The van der Waals surface area contributed by atoms with Crippen LogP contribution in [0.25, 0.3) is 10.9 Å². The zero-order chi connectivity index (χ0) is 22.1. The number of anilines is 2. The molecule has 2 saturated heterocycles. The van der Waals surface area contributed by atoms with Crippen molar-refractivity contribution in [1.82, 2.24) is 9.88 Å². The second kappa shape index (κ2) is 8.73. The third kappa shape index (κ3) is 3.87. The molecule has 3 heterocycles. The highest BCUT2D eigenvalue weighted by Gasteiger charge is 2.28. The number of hydrogen-bond acceptors (Lipinski definition) is 4. The predicted molar refractivity (Wildman–Crippen MR) is 122 cm³/mol. The van der Waals surface area contributed by atoms with Gasteiger partial charge in [0.2, 0.25) is 0 Å². The van der Waals surface area contributed by atoms with Gasteiger partial charge in [0, 0.05) is 50.9 Å². The number of para-hydroxylation sites is 1. The average Bonchev–Trinajstić information content (AvgIpc) is 2.84. The van der Waals surface area contributed by atoms with Crippen molar-refractivity contribution in [2.24, 2.45) is 0 Å². The third-order valence-electron chi connectivity index (χ3n) is 6.46. The van der Waals surface area contributed by atoms with Gasteiger partial charge in [-0.25, -0.2) is 8.78 Å². The molecule has 32 heavy (non-hydrogen) atoms. The molecule has 0 radical (unpaired) electrons. The highest BCUT2D eigenvalue weighted by Crippen LogP contribution is 2.33. The van der Waals surface area contributed by atoms with E-state index in [-0.39, 0.29) is 17.5 Å². The highest BCUT2D eigenvalue weighted by molar-refractivity contribution is 6.07. The van der Waals surface area contributed by atoms with Crippen LogP contribution < -0.4 is 9.80 Å². The summed E-state index contributed by atoms with van der Waals surface area (Å²) in [7, 11) is 0. The van der Waals surface area contributed by atoms with Gasteiger partial charge >= 0.3 is 0 Å². The standard InChI is InChI=1S/C25H26F2N4O/c26-18-8-9-22-19(16-18)24(20(17-28-22)25(32)31-10-4-1-5-11-31)30-14-12-29(13-15-30)23-7-3-2-6-21(23)27/h2-3,6-9,16-17H,1,4-5,10-15H2. The van der Waals surface area contributed by atoms with E-state index in [2.05, 4.69) is 9.88 Å². The van der Waals surface area contributed by atoms with Crippen LogP contribution in [0.5, 0.6) is 0 Å². The minimum absolute atomic E-state index is 0.0464. The lowest BCUT2D eigenvalue weighted by Gasteiger charge is -2.39. The molecule has 2 aliphatic rings. The Morgan fingerprint density at radius 1 is 0.844 bits per heavy atom. The van der Waals surface area contributed by atoms with Gasteiger partial charge < -0.3 is 14.7 Å². The van der Waals surface area contributed by atoms with E-state index >= 15 is 0 Å². The Hall–Kier alpha value is -3.22. The van der Waals surface area contributed by atoms with Crippen molar-refractivity contribution >= 4 is 28.2 Å². The summed E-state index contributed by atoms with van der Waals surface area (Å²) in [4.78, 5) is 23.9. The van der Waals surface area contributed by atoms with E-state index in [4.69, 9.17) is 0 Å². The molecule has 166 valence electrons. The fourth-order valence-corrected chi connectivity index (χ4v) is 4.79. The van der Waals surface area contributed by atoms with Gasteiger partial charge in [0.05, 0.1) is 22.5 Å². The number of pyridine rings is 1. The van der Waals surface area contributed by atoms with E-state index in [9.17, 15) is 13.6 Å². The minimum atomic E-state index is -0.354. The number of likely N-dealkylation sites (tertiary alicyclic amines) is 1. The number of piperazine rings is 1. The smallest absolute Gasteiger partial charge is 0.257 e. The van der Waals surface area contributed by atoms with E-state index in [1.54, 1.807) is 24.4 Å². The number of hydrogen-bond donors (Lipinski definition) is 0. The van der Waals surface area contributed by atoms with E-state index < -0.39 is 0 Å². The number of halogens is 2. The zero-order valence-electron chi connectivity index (χ0n) is 17.9. The number of fused-ring (bicyclic) bond motifs is 1. The van der Waals surface area contributed by atoms with Gasteiger partial charge in [-0.3, -0.25) is 9.78 Å². The molecule has 7 heteroatoms. The molecule has 5 nitrogen and oxygen atoms in total. The molecule has 0 bridgehead atoms. The van der Waals surface area contributed by atoms with Crippen LogP contribution in [0.3, 0.4) is 0 Å². The average molecular weight is 437 g/mol. The first-order valence-corrected chi connectivity index (χ1v) is 11.2. The van der Waals surface area contributed by atoms with Crippen molar-refractivity contribution in [2.75, 3.05) is 49.1 Å². The number of amides is 1. The number of benzene rings is 2. The lowest BCUT2D eigenvalue weighted by atomic mass is 10.0. The summed E-state index contributed by atoms with van der Waals surface area (Å²) in [6, 6.07) is 11.3. The molecule has 0 atom stereocenters. The summed E-state index contributed by atoms with van der Waals surface area (Å²) in [6.07, 6.45) is 4.77. The molecule has 1 aromatic heterocycles. The van der Waals surface area contributed by atoms with Gasteiger partial charge in [-0.05, 0) is 49.6 Å². The van der Waals surface area contributed by atoms with Crippen LogP contribution in [0.2, 0.25) is 0 Å². The first-order chi connectivity index (χ1) is 15.6. The minimum Gasteiger partial charge on any atom is -0.367 e. The quantitative estimate of drug-likeness (QED) is 0.608. The Bertz CT molecular complexity index is 1140. The SMILES string of the molecule is O=C(c1cnc2ccc(F)cc2c1N1CCN(c2ccccc2F)CC1)N1CCCCC1. The van der Waals surface area contributed by atoms with E-state index in [1.165, 1.54) is 18.2 Å². The van der Waals surface area contributed by atoms with Crippen LogP contribution in [0.4, 0.5) is 20.2 Å². The maximum absolute atomic E-state index is 14.3. The second-order valence-electron chi connectivity index (χ2n) is 8.46. The normalized spacial score (nSPS) is 17.1. The van der Waals surface area contributed by atoms with Crippen LogP contribution in [0.1, 0.15) is 29.6 Å². The third-order valence-corrected chi connectivity index (χ3v) is 6.46. The molecule has 2 aliphatic heterocycles. The molecule has 5 rings (SSSR count). The summed E-state index contributed by atoms with van der Waals surface area (Å²) >= 11 is 0. The molecule has 0 spiro atoms. The number of aromatic nitrogens is 1. The summed E-state index contributed by atoms with van der Waals surface area (Å²) < 4.78 is 28.5. The molecule has 3 aromatic rings. The maximum atomic E-state index is 14.3. The summed E-state index contributed by atoms with van der Waals surface area (Å²) in [5.41, 5.74) is 2.50. The molecule has 1 amide bonds. The van der Waals surface area contributed by atoms with Crippen molar-refractivity contribution in [1.29, 1.82) is 0 Å². The fraction of sp³-hybridized carbons (Fsp3) is 0.360. The topological polar surface area (TPSA) is 39.7 Å². The van der Waals surface area contributed by atoms with Crippen LogP contribution in [0, 0.1) is 11.6 Å². The maximum Gasteiger partial charge on any atom is 0.257 e. The molecule has 2 aromatic carbocycles. The van der Waals surface area contributed by atoms with Crippen molar-refractivity contribution in [3.63, 3.8) is 0 Å². The van der Waals surface area contributed by atoms with Crippen molar-refractivity contribution in [3.05, 3.63) is 65.9 Å². The predicted octanol–water partition coefficient (Wildman–Crippen LogP) is 4.47. The van der Waals surface area contributed by atoms with E-state index in [0.717, 1.165) is 38.0 Å². The summed E-state index contributed by atoms with van der Waals surface area (Å²) in [6.45, 7) is 3.89. The number of rotatable bonds is 3. The van der Waals surface area contributed by atoms with Crippen LogP contribution >= 0.6 is 0 Å². The van der Waals surface area contributed by atoms with Gasteiger partial charge in [0.15, 0.2) is 0 Å². The van der Waals surface area contributed by atoms with Crippen LogP contribution in [0.15, 0.2) is 48.7 Å². The zero-order valence-corrected chi connectivity index (χ0v) is 17.9. The Kier molecular flexibility index (Phi) is 5.64. The number of carbonyl (C=O) groups excluding carboxylic acids is 1. The van der Waals surface area contributed by atoms with Gasteiger partial charge in [-0.1, -0.05) is 12.1 Å². The molecule has 0 unspecified atom stereocenters. The van der Waals surface area contributed by atoms with E-state index in [0.29, 0.717) is 48.3 Å². The first kappa shape index (κ1) is 20.7. The van der Waals surface area contributed by atoms with Gasteiger partial charge in [0.25, 0.3) is 5.91 Å². The molecule has 2 fully saturated rings. The summed E-state index contributed by atoms with van der Waals surface area (Å²) in [5.74, 6) is -0.638. The monoisotopic (exact) mass is 436 g/mol. The fourth-order valence-electron chi connectivity index (χ4n) is 4.79. The molecule has 0 N–H and O–H groups in total. The molecule has 0 aliphatic carbocycles. The van der Waals surface area contributed by atoms with Gasteiger partial charge in [-0.2, -0.15) is 0 Å². The summed E-state index contributed by atoms with van der Waals surface area (Å²) in [5, 5.41) is 0.646. The van der Waals surface area contributed by atoms with Crippen molar-refractivity contribution in [2.45, 2.75) is 19.3 Å². The van der Waals surface area contributed by atoms with Crippen LogP contribution in [-0.4, -0.2) is 55.1 Å². The Morgan fingerprint density at radius 3 is 2.31 bits per heavy atom. The first-order valence-electron chi connectivity index (χ1n) is 11.2. The van der Waals surface area contributed by atoms with Crippen molar-refractivity contribution < 1.29 is 13.6 Å². The molecular weight excluding hydrogens is 410 g/mol. The highest BCUT2D eigenvalue weighted by atomic mass is 19.1. The Morgan fingerprint density at radius 2 is 1.56 bits per heavy atom. The largest absolute Gasteiger partial charge is 0.367 e.